The summed E-state index contributed by atoms with van der Waals surface area (Å²) in [6.07, 6.45) is 4.97. The van der Waals surface area contributed by atoms with E-state index in [9.17, 15) is 5.11 Å². The molecule has 0 aromatic rings. The van der Waals surface area contributed by atoms with Gasteiger partial charge in [0.05, 0.1) is 13.2 Å². The number of aliphatic hydroxyl groups excluding tert-OH is 1. The van der Waals surface area contributed by atoms with Crippen molar-refractivity contribution in [3.8, 4) is 0 Å². The van der Waals surface area contributed by atoms with Crippen molar-refractivity contribution < 1.29 is 9.84 Å². The van der Waals surface area contributed by atoms with E-state index in [1.807, 2.05) is 0 Å². The van der Waals surface area contributed by atoms with Crippen molar-refractivity contribution in [2.24, 2.45) is 11.7 Å². The summed E-state index contributed by atoms with van der Waals surface area (Å²) in [6, 6.07) is 0.912. The van der Waals surface area contributed by atoms with Gasteiger partial charge in [0, 0.05) is 31.8 Å². The van der Waals surface area contributed by atoms with Crippen molar-refractivity contribution in [3.63, 3.8) is 0 Å². The molecule has 0 heterocycles. The first-order valence-electron chi connectivity index (χ1n) is 6.39. The minimum Gasteiger partial charge on any atom is -0.395 e. The lowest BCUT2D eigenvalue weighted by Gasteiger charge is -2.34. The average molecular weight is 228 g/mol. The molecule has 0 aliphatic heterocycles. The minimum absolute atomic E-state index is 0.134. The fraction of sp³-hybridized carbons (Fsp3) is 1.00. The van der Waals surface area contributed by atoms with Gasteiger partial charge in [0.1, 0.15) is 0 Å². The molecule has 0 saturated heterocycles. The molecule has 4 nitrogen and oxygen atoms in total. The fourth-order valence-corrected chi connectivity index (χ4v) is 2.47. The van der Waals surface area contributed by atoms with Crippen LogP contribution in [0.5, 0.6) is 0 Å². The van der Waals surface area contributed by atoms with Crippen LogP contribution >= 0.6 is 0 Å². The van der Waals surface area contributed by atoms with E-state index in [2.05, 4.69) is 4.90 Å². The highest BCUT2D eigenvalue weighted by Crippen LogP contribution is 2.36. The molecule has 0 spiro atoms. The first-order valence-corrected chi connectivity index (χ1v) is 6.39. The average Bonchev–Trinajstić information content (AvgIpc) is 3.17. The van der Waals surface area contributed by atoms with Crippen LogP contribution in [0.4, 0.5) is 0 Å². The molecule has 94 valence electrons. The number of nitrogens with two attached hydrogens (primary N) is 1. The van der Waals surface area contributed by atoms with Crippen molar-refractivity contribution >= 4 is 0 Å². The highest BCUT2D eigenvalue weighted by molar-refractivity contribution is 4.97. The molecule has 0 amide bonds. The molecule has 0 radical (unpaired) electrons. The third kappa shape index (κ3) is 2.94. The lowest BCUT2D eigenvalue weighted by atomic mass is 10.0. The van der Waals surface area contributed by atoms with Gasteiger partial charge in [-0.3, -0.25) is 4.90 Å². The van der Waals surface area contributed by atoms with Gasteiger partial charge >= 0.3 is 0 Å². The monoisotopic (exact) mass is 228 g/mol. The number of hydrogen-bond donors (Lipinski definition) is 2. The molecule has 4 heteroatoms. The number of rotatable bonds is 8. The maximum Gasteiger partial charge on any atom is 0.0602 e. The Bertz CT molecular complexity index is 217. The van der Waals surface area contributed by atoms with Gasteiger partial charge in [0.25, 0.3) is 0 Å². The smallest absolute Gasteiger partial charge is 0.0602 e. The van der Waals surface area contributed by atoms with Gasteiger partial charge in [-0.2, -0.15) is 0 Å². The summed E-state index contributed by atoms with van der Waals surface area (Å²) in [4.78, 5) is 2.37. The number of aliphatic hydroxyl groups is 1. The fourth-order valence-electron chi connectivity index (χ4n) is 2.47. The lowest BCUT2D eigenvalue weighted by molar-refractivity contribution is 0.0640. The maximum atomic E-state index is 9.56. The van der Waals surface area contributed by atoms with Crippen LogP contribution in [0.15, 0.2) is 0 Å². The summed E-state index contributed by atoms with van der Waals surface area (Å²) in [6.45, 7) is 1.80. The van der Waals surface area contributed by atoms with E-state index in [1.165, 1.54) is 25.7 Å². The number of ether oxygens (including phenoxy) is 1. The predicted molar refractivity (Wildman–Crippen MR) is 63.2 cm³/mol. The Kier molecular flexibility index (Phi) is 4.19. The molecule has 0 aromatic heterocycles. The third-order valence-electron chi connectivity index (χ3n) is 3.79. The second-order valence-corrected chi connectivity index (χ2v) is 5.13. The van der Waals surface area contributed by atoms with E-state index >= 15 is 0 Å². The first kappa shape index (κ1) is 12.3. The van der Waals surface area contributed by atoms with Crippen LogP contribution in [0, 0.1) is 5.92 Å². The van der Waals surface area contributed by atoms with Crippen LogP contribution < -0.4 is 5.73 Å². The van der Waals surface area contributed by atoms with Crippen LogP contribution in [0.1, 0.15) is 25.7 Å². The second kappa shape index (κ2) is 5.45. The summed E-state index contributed by atoms with van der Waals surface area (Å²) in [5.41, 5.74) is 6.23. The number of methoxy groups -OCH3 is 1. The van der Waals surface area contributed by atoms with Gasteiger partial charge in [0.2, 0.25) is 0 Å². The molecule has 2 fully saturated rings. The molecule has 2 aliphatic carbocycles. The Morgan fingerprint density at radius 3 is 2.50 bits per heavy atom. The SMILES string of the molecule is COCCN(C1CC1)C(CO)C(N)C1CC1. The van der Waals surface area contributed by atoms with Crippen LogP contribution in [0.3, 0.4) is 0 Å². The van der Waals surface area contributed by atoms with Crippen molar-refractivity contribution in [1.82, 2.24) is 4.90 Å². The molecular formula is C12H24N2O2. The zero-order valence-corrected chi connectivity index (χ0v) is 10.1. The molecule has 0 aromatic carbocycles. The highest BCUT2D eigenvalue weighted by Gasteiger charge is 2.41. The van der Waals surface area contributed by atoms with Gasteiger partial charge < -0.3 is 15.6 Å². The van der Waals surface area contributed by atoms with Gasteiger partial charge in [-0.05, 0) is 31.6 Å². The van der Waals surface area contributed by atoms with Gasteiger partial charge in [-0.15, -0.1) is 0 Å². The molecule has 0 bridgehead atoms. The second-order valence-electron chi connectivity index (χ2n) is 5.13. The molecule has 16 heavy (non-hydrogen) atoms. The van der Waals surface area contributed by atoms with E-state index in [1.54, 1.807) is 7.11 Å². The Morgan fingerprint density at radius 2 is 2.06 bits per heavy atom. The molecule has 2 atom stereocenters. The molecule has 3 N–H and O–H groups in total. The topological polar surface area (TPSA) is 58.7 Å². The largest absolute Gasteiger partial charge is 0.395 e. The van der Waals surface area contributed by atoms with Gasteiger partial charge in [0.15, 0.2) is 0 Å². The van der Waals surface area contributed by atoms with E-state index < -0.39 is 0 Å². The van der Waals surface area contributed by atoms with Gasteiger partial charge in [-0.25, -0.2) is 0 Å². The standard InChI is InChI=1S/C12H24N2O2/c1-16-7-6-14(10-4-5-10)11(8-15)12(13)9-2-3-9/h9-12,15H,2-8,13H2,1H3. The normalized spacial score (nSPS) is 24.8. The van der Waals surface area contributed by atoms with Crippen molar-refractivity contribution in [1.29, 1.82) is 0 Å². The summed E-state index contributed by atoms with van der Waals surface area (Å²) < 4.78 is 5.14. The number of nitrogens with zero attached hydrogens (tertiary/aromatic N) is 1. The van der Waals surface area contributed by atoms with Crippen molar-refractivity contribution in [2.45, 2.75) is 43.8 Å². The van der Waals surface area contributed by atoms with Crippen LogP contribution in [0.2, 0.25) is 0 Å². The van der Waals surface area contributed by atoms with E-state index in [0.717, 1.165) is 13.2 Å². The number of hydrogen-bond acceptors (Lipinski definition) is 4. The van der Waals surface area contributed by atoms with Crippen LogP contribution in [-0.2, 0) is 4.74 Å². The zero-order valence-electron chi connectivity index (χ0n) is 10.1. The Balaban J connectivity index is 1.91. The van der Waals surface area contributed by atoms with Crippen molar-refractivity contribution in [2.75, 3.05) is 26.9 Å². The van der Waals surface area contributed by atoms with E-state index in [-0.39, 0.29) is 18.7 Å². The maximum absolute atomic E-state index is 9.56. The summed E-state index contributed by atoms with van der Waals surface area (Å²) in [5.74, 6) is 0.640. The highest BCUT2D eigenvalue weighted by atomic mass is 16.5. The Morgan fingerprint density at radius 1 is 1.38 bits per heavy atom. The lowest BCUT2D eigenvalue weighted by Crippen LogP contribution is -2.53. The summed E-state index contributed by atoms with van der Waals surface area (Å²) in [5, 5.41) is 9.56. The molecule has 2 unspecified atom stereocenters. The van der Waals surface area contributed by atoms with Gasteiger partial charge in [-0.1, -0.05) is 0 Å². The third-order valence-corrected chi connectivity index (χ3v) is 3.79. The predicted octanol–water partition coefficient (Wildman–Crippen LogP) is 0.195. The molecule has 2 rings (SSSR count). The summed E-state index contributed by atoms with van der Waals surface area (Å²) >= 11 is 0. The minimum atomic E-state index is 0.134. The van der Waals surface area contributed by atoms with Crippen molar-refractivity contribution in [3.05, 3.63) is 0 Å². The van der Waals surface area contributed by atoms with E-state index in [0.29, 0.717) is 12.0 Å². The Labute approximate surface area is 97.7 Å². The first-order chi connectivity index (χ1) is 7.77. The van der Waals surface area contributed by atoms with E-state index in [4.69, 9.17) is 10.5 Å². The van der Waals surface area contributed by atoms with Crippen LogP contribution in [0.25, 0.3) is 0 Å². The Hall–Kier alpha value is -0.160. The summed E-state index contributed by atoms with van der Waals surface area (Å²) in [7, 11) is 1.72. The molecule has 2 aliphatic rings. The van der Waals surface area contributed by atoms with Crippen LogP contribution in [-0.4, -0.2) is 55.0 Å². The zero-order chi connectivity index (χ0) is 11.5. The quantitative estimate of drug-likeness (QED) is 0.623. The molecule has 2 saturated carbocycles. The molecular weight excluding hydrogens is 204 g/mol.